The Morgan fingerprint density at radius 2 is 2.11 bits per heavy atom. The van der Waals surface area contributed by atoms with Crippen LogP contribution in [-0.2, 0) is 16.8 Å². The van der Waals surface area contributed by atoms with E-state index in [2.05, 4.69) is 5.32 Å². The topological polar surface area (TPSA) is 29.1 Å². The van der Waals surface area contributed by atoms with Gasteiger partial charge in [0.25, 0.3) is 5.91 Å². The predicted octanol–water partition coefficient (Wildman–Crippen LogP) is 2.16. The summed E-state index contributed by atoms with van der Waals surface area (Å²) >= 11 is 0. The van der Waals surface area contributed by atoms with Crippen molar-refractivity contribution in [3.63, 3.8) is 0 Å². The largest absolute Gasteiger partial charge is 0.343 e. The van der Waals surface area contributed by atoms with Crippen LogP contribution in [0.25, 0.3) is 0 Å². The van der Waals surface area contributed by atoms with E-state index in [1.54, 1.807) is 12.1 Å². The molecule has 1 amide bonds. The molecule has 1 fully saturated rings. The zero-order chi connectivity index (χ0) is 13.0. The van der Waals surface area contributed by atoms with E-state index in [4.69, 9.17) is 0 Å². The fourth-order valence-electron chi connectivity index (χ4n) is 2.86. The van der Waals surface area contributed by atoms with Crippen molar-refractivity contribution in [2.75, 3.05) is 6.67 Å². The number of benzene rings is 1. The molecule has 96 valence electrons. The second-order valence-corrected chi connectivity index (χ2v) is 5.08. The van der Waals surface area contributed by atoms with Gasteiger partial charge in [-0.2, -0.15) is 0 Å². The lowest BCUT2D eigenvalue weighted by Gasteiger charge is -2.49. The van der Waals surface area contributed by atoms with E-state index in [0.717, 1.165) is 0 Å². The van der Waals surface area contributed by atoms with E-state index in [0.29, 0.717) is 24.0 Å². The van der Waals surface area contributed by atoms with Crippen LogP contribution in [0.2, 0.25) is 0 Å². The number of carbonyl (C=O) groups excluding carboxylic acids is 1. The summed E-state index contributed by atoms with van der Waals surface area (Å²) in [6.07, 6.45) is 0.490. The average molecular weight is 255 g/mol. The molecule has 3 rings (SSSR count). The van der Waals surface area contributed by atoms with Crippen LogP contribution in [0.5, 0.6) is 0 Å². The van der Waals surface area contributed by atoms with Gasteiger partial charge < -0.3 is 5.32 Å². The number of hydrogen-bond acceptors (Lipinski definition) is 1. The molecule has 0 saturated carbocycles. The van der Waals surface area contributed by atoms with Gasteiger partial charge in [-0.25, -0.2) is 13.2 Å². The highest BCUT2D eigenvalue weighted by Crippen LogP contribution is 2.47. The standard InChI is InChI=1S/C13H12F3NO/c14-7-12(16)4-5-13(17-11(12)18)6-8-9(13)2-1-3-10(8)15/h1-3H,4-7H2,(H,17,18)/t12?,13-/m1/s1. The van der Waals surface area contributed by atoms with Crippen LogP contribution < -0.4 is 5.32 Å². The molecule has 0 radical (unpaired) electrons. The third kappa shape index (κ3) is 1.33. The molecule has 2 nitrogen and oxygen atoms in total. The van der Waals surface area contributed by atoms with Crippen molar-refractivity contribution in [2.24, 2.45) is 0 Å². The van der Waals surface area contributed by atoms with Crippen molar-refractivity contribution < 1.29 is 18.0 Å². The first-order valence-corrected chi connectivity index (χ1v) is 5.86. The Kier molecular flexibility index (Phi) is 2.24. The summed E-state index contributed by atoms with van der Waals surface area (Å²) in [6.45, 7) is -1.31. The Bertz CT molecular complexity index is 533. The van der Waals surface area contributed by atoms with Crippen LogP contribution in [0.15, 0.2) is 18.2 Å². The SMILES string of the molecule is O=C1N[C@]2(CCC1(F)CF)Cc1c(F)cccc12. The lowest BCUT2D eigenvalue weighted by atomic mass is 9.65. The number of rotatable bonds is 1. The van der Waals surface area contributed by atoms with Crippen molar-refractivity contribution in [3.05, 3.63) is 35.1 Å². The minimum Gasteiger partial charge on any atom is -0.343 e. The molecule has 1 spiro atoms. The van der Waals surface area contributed by atoms with Crippen molar-refractivity contribution in [1.29, 1.82) is 0 Å². The second kappa shape index (κ2) is 3.49. The molecule has 1 saturated heterocycles. The Balaban J connectivity index is 1.92. The first kappa shape index (κ1) is 11.6. The van der Waals surface area contributed by atoms with Gasteiger partial charge in [-0.1, -0.05) is 12.1 Å². The molecule has 5 heteroatoms. The third-order valence-corrected chi connectivity index (χ3v) is 4.03. The number of fused-ring (bicyclic) bond motifs is 2. The van der Waals surface area contributed by atoms with Crippen LogP contribution in [0, 0.1) is 5.82 Å². The van der Waals surface area contributed by atoms with Crippen LogP contribution in [-0.4, -0.2) is 18.3 Å². The molecule has 1 unspecified atom stereocenters. The summed E-state index contributed by atoms with van der Waals surface area (Å²) in [5.74, 6) is -1.24. The fraction of sp³-hybridized carbons (Fsp3) is 0.462. The molecule has 0 aromatic heterocycles. The molecule has 1 aromatic rings. The molecule has 2 aliphatic rings. The van der Waals surface area contributed by atoms with Gasteiger partial charge in [-0.3, -0.25) is 4.79 Å². The summed E-state index contributed by atoms with van der Waals surface area (Å²) in [7, 11) is 0. The van der Waals surface area contributed by atoms with Crippen LogP contribution in [0.4, 0.5) is 13.2 Å². The van der Waals surface area contributed by atoms with Gasteiger partial charge in [0.1, 0.15) is 12.5 Å². The maximum absolute atomic E-state index is 13.8. The number of halogens is 3. The number of hydrogen-bond donors (Lipinski definition) is 1. The van der Waals surface area contributed by atoms with Crippen molar-refractivity contribution in [2.45, 2.75) is 30.5 Å². The molecule has 1 aliphatic heterocycles. The zero-order valence-corrected chi connectivity index (χ0v) is 9.60. The Morgan fingerprint density at radius 3 is 2.78 bits per heavy atom. The molecular formula is C13H12F3NO. The molecular weight excluding hydrogens is 243 g/mol. The summed E-state index contributed by atoms with van der Waals surface area (Å²) < 4.78 is 39.8. The predicted molar refractivity (Wildman–Crippen MR) is 59.0 cm³/mol. The number of amides is 1. The van der Waals surface area contributed by atoms with E-state index in [1.165, 1.54) is 6.07 Å². The Labute approximate surface area is 102 Å². The van der Waals surface area contributed by atoms with E-state index < -0.39 is 23.8 Å². The molecule has 1 heterocycles. The molecule has 1 aliphatic carbocycles. The highest BCUT2D eigenvalue weighted by molar-refractivity contribution is 5.87. The summed E-state index contributed by atoms with van der Waals surface area (Å²) in [5.41, 5.74) is -1.87. The zero-order valence-electron chi connectivity index (χ0n) is 9.60. The summed E-state index contributed by atoms with van der Waals surface area (Å²) in [4.78, 5) is 11.6. The maximum atomic E-state index is 13.8. The third-order valence-electron chi connectivity index (χ3n) is 4.03. The molecule has 2 atom stereocenters. The minimum absolute atomic E-state index is 0.161. The molecule has 18 heavy (non-hydrogen) atoms. The average Bonchev–Trinajstić information content (AvgIpc) is 2.35. The van der Waals surface area contributed by atoms with Crippen molar-refractivity contribution in [1.82, 2.24) is 5.32 Å². The number of alkyl halides is 2. The number of nitrogens with one attached hydrogen (secondary N) is 1. The van der Waals surface area contributed by atoms with Crippen LogP contribution in [0.1, 0.15) is 24.0 Å². The molecule has 1 aromatic carbocycles. The van der Waals surface area contributed by atoms with Gasteiger partial charge in [0.2, 0.25) is 5.67 Å². The van der Waals surface area contributed by atoms with Crippen molar-refractivity contribution in [3.8, 4) is 0 Å². The second-order valence-electron chi connectivity index (χ2n) is 5.08. The van der Waals surface area contributed by atoms with E-state index in [9.17, 15) is 18.0 Å². The first-order valence-electron chi connectivity index (χ1n) is 5.86. The number of piperidine rings is 1. The van der Waals surface area contributed by atoms with E-state index in [-0.39, 0.29) is 12.2 Å². The molecule has 1 N–H and O–H groups in total. The first-order chi connectivity index (χ1) is 8.51. The normalized spacial score (nSPS) is 33.8. The van der Waals surface area contributed by atoms with E-state index >= 15 is 0 Å². The lowest BCUT2D eigenvalue weighted by molar-refractivity contribution is -0.142. The fourth-order valence-corrected chi connectivity index (χ4v) is 2.86. The summed E-state index contributed by atoms with van der Waals surface area (Å²) in [6, 6.07) is 4.65. The number of carbonyl (C=O) groups is 1. The van der Waals surface area contributed by atoms with Gasteiger partial charge in [-0.15, -0.1) is 0 Å². The minimum atomic E-state index is -2.42. The lowest BCUT2D eigenvalue weighted by Crippen LogP contribution is -2.63. The van der Waals surface area contributed by atoms with Gasteiger partial charge in [0.05, 0.1) is 5.54 Å². The van der Waals surface area contributed by atoms with Gasteiger partial charge in [0, 0.05) is 6.42 Å². The highest BCUT2D eigenvalue weighted by Gasteiger charge is 2.54. The molecule has 0 bridgehead atoms. The van der Waals surface area contributed by atoms with Crippen LogP contribution in [0.3, 0.4) is 0 Å². The Hall–Kier alpha value is -1.52. The monoisotopic (exact) mass is 255 g/mol. The maximum Gasteiger partial charge on any atom is 0.261 e. The Morgan fingerprint density at radius 1 is 1.33 bits per heavy atom. The summed E-state index contributed by atoms with van der Waals surface area (Å²) in [5, 5.41) is 2.53. The van der Waals surface area contributed by atoms with E-state index in [1.807, 2.05) is 0 Å². The van der Waals surface area contributed by atoms with Gasteiger partial charge in [0.15, 0.2) is 0 Å². The van der Waals surface area contributed by atoms with Gasteiger partial charge in [-0.05, 0) is 30.0 Å². The van der Waals surface area contributed by atoms with Gasteiger partial charge >= 0.3 is 0 Å². The van der Waals surface area contributed by atoms with Crippen molar-refractivity contribution >= 4 is 5.91 Å². The smallest absolute Gasteiger partial charge is 0.261 e. The highest BCUT2D eigenvalue weighted by atomic mass is 19.2. The van der Waals surface area contributed by atoms with Crippen LogP contribution >= 0.6 is 0 Å². The quantitative estimate of drug-likeness (QED) is 0.818.